The minimum absolute atomic E-state index is 0.106. The van der Waals surface area contributed by atoms with Crippen molar-refractivity contribution in [1.29, 1.82) is 0 Å². The Labute approximate surface area is 150 Å². The lowest BCUT2D eigenvalue weighted by Gasteiger charge is -2.58. The Morgan fingerprint density at radius 1 is 1.12 bits per heavy atom. The van der Waals surface area contributed by atoms with Crippen LogP contribution in [0.15, 0.2) is 11.6 Å². The molecule has 4 nitrogen and oxygen atoms in total. The Morgan fingerprint density at radius 2 is 1.84 bits per heavy atom. The van der Waals surface area contributed by atoms with Crippen molar-refractivity contribution in [2.75, 3.05) is 0 Å². The van der Waals surface area contributed by atoms with E-state index in [-0.39, 0.29) is 11.3 Å². The minimum Gasteiger partial charge on any atom is -0.390 e. The molecule has 138 valence electrons. The van der Waals surface area contributed by atoms with Crippen LogP contribution in [-0.4, -0.2) is 44.3 Å². The predicted molar refractivity (Wildman–Crippen MR) is 94.3 cm³/mol. The second-order valence-corrected chi connectivity index (χ2v) is 9.36. The topological polar surface area (TPSA) is 80.9 Å². The van der Waals surface area contributed by atoms with Crippen LogP contribution in [0.4, 0.5) is 0 Å². The van der Waals surface area contributed by atoms with Gasteiger partial charge in [0.25, 0.3) is 0 Å². The van der Waals surface area contributed by atoms with E-state index in [9.17, 15) is 20.4 Å². The van der Waals surface area contributed by atoms with E-state index in [4.69, 9.17) is 6.42 Å². The van der Waals surface area contributed by atoms with Gasteiger partial charge in [-0.25, -0.2) is 0 Å². The van der Waals surface area contributed by atoms with Gasteiger partial charge in [-0.15, -0.1) is 6.42 Å². The van der Waals surface area contributed by atoms with Crippen LogP contribution in [0.1, 0.15) is 52.4 Å². The third-order valence-electron chi connectivity index (χ3n) is 8.61. The SMILES string of the molecule is C#C[C@@]1(O)[C@H](O)C[C@H]2[C@@H]3CC=C4[C@@H](O)[C@@H](O)CC[C@]4(C)[C@H]3CC[C@@]21C. The van der Waals surface area contributed by atoms with Crippen molar-refractivity contribution in [3.05, 3.63) is 11.6 Å². The highest BCUT2D eigenvalue weighted by Gasteiger charge is 2.67. The summed E-state index contributed by atoms with van der Waals surface area (Å²) in [5.41, 5.74) is -1.01. The average Bonchev–Trinajstić information content (AvgIpc) is 2.79. The van der Waals surface area contributed by atoms with Crippen molar-refractivity contribution in [1.82, 2.24) is 0 Å². The molecule has 3 saturated carbocycles. The number of terminal acetylenes is 1. The van der Waals surface area contributed by atoms with Gasteiger partial charge in [-0.2, -0.15) is 0 Å². The van der Waals surface area contributed by atoms with Crippen LogP contribution >= 0.6 is 0 Å². The largest absolute Gasteiger partial charge is 0.390 e. The van der Waals surface area contributed by atoms with E-state index in [0.717, 1.165) is 31.3 Å². The molecule has 0 saturated heterocycles. The molecule has 0 bridgehead atoms. The average molecular weight is 346 g/mol. The highest BCUT2D eigenvalue weighted by Crippen LogP contribution is 2.66. The van der Waals surface area contributed by atoms with E-state index in [2.05, 4.69) is 18.9 Å². The predicted octanol–water partition coefficient (Wildman–Crippen LogP) is 1.62. The molecule has 0 aromatic rings. The smallest absolute Gasteiger partial charge is 0.156 e. The van der Waals surface area contributed by atoms with Gasteiger partial charge in [-0.3, -0.25) is 0 Å². The Hall–Kier alpha value is -0.860. The molecule has 9 atom stereocenters. The van der Waals surface area contributed by atoms with Gasteiger partial charge in [-0.05, 0) is 67.3 Å². The molecule has 0 aromatic heterocycles. The van der Waals surface area contributed by atoms with Gasteiger partial charge in [0.05, 0.1) is 12.2 Å². The fourth-order valence-electron chi connectivity index (χ4n) is 7.00. The highest BCUT2D eigenvalue weighted by atomic mass is 16.3. The summed E-state index contributed by atoms with van der Waals surface area (Å²) in [4.78, 5) is 0. The van der Waals surface area contributed by atoms with Crippen LogP contribution in [0.3, 0.4) is 0 Å². The molecule has 4 heteroatoms. The Bertz CT molecular complexity index is 651. The molecule has 4 aliphatic rings. The molecule has 0 radical (unpaired) electrons. The zero-order chi connectivity index (χ0) is 18.2. The Kier molecular flexibility index (Phi) is 3.74. The zero-order valence-electron chi connectivity index (χ0n) is 15.2. The lowest BCUT2D eigenvalue weighted by molar-refractivity contribution is -0.123. The molecular formula is C21H30O4. The summed E-state index contributed by atoms with van der Waals surface area (Å²) in [5.74, 6) is 3.46. The minimum atomic E-state index is -1.45. The van der Waals surface area contributed by atoms with Gasteiger partial charge >= 0.3 is 0 Å². The van der Waals surface area contributed by atoms with E-state index in [0.29, 0.717) is 24.7 Å². The van der Waals surface area contributed by atoms with E-state index < -0.39 is 29.3 Å². The first-order valence-corrected chi connectivity index (χ1v) is 9.64. The van der Waals surface area contributed by atoms with Gasteiger partial charge < -0.3 is 20.4 Å². The summed E-state index contributed by atoms with van der Waals surface area (Å²) in [6, 6.07) is 0. The van der Waals surface area contributed by atoms with Gasteiger partial charge in [0, 0.05) is 5.41 Å². The first-order chi connectivity index (χ1) is 11.7. The summed E-state index contributed by atoms with van der Waals surface area (Å²) >= 11 is 0. The second kappa shape index (κ2) is 5.33. The summed E-state index contributed by atoms with van der Waals surface area (Å²) < 4.78 is 0. The Balaban J connectivity index is 1.73. The second-order valence-electron chi connectivity index (χ2n) is 9.36. The van der Waals surface area contributed by atoms with E-state index >= 15 is 0 Å². The molecule has 0 unspecified atom stereocenters. The summed E-state index contributed by atoms with van der Waals surface area (Å²) in [5, 5.41) is 42.1. The van der Waals surface area contributed by atoms with Crippen LogP contribution in [0, 0.1) is 40.9 Å². The van der Waals surface area contributed by atoms with Gasteiger partial charge in [0.15, 0.2) is 5.60 Å². The first-order valence-electron chi connectivity index (χ1n) is 9.64. The quantitative estimate of drug-likeness (QED) is 0.397. The van der Waals surface area contributed by atoms with Crippen LogP contribution < -0.4 is 0 Å². The maximum atomic E-state index is 11.0. The normalized spacial score (nSPS) is 57.7. The van der Waals surface area contributed by atoms with Crippen molar-refractivity contribution < 1.29 is 20.4 Å². The fraction of sp³-hybridized carbons (Fsp3) is 0.810. The standard InChI is InChI=1S/C21H30O4/c1-4-21(25)17(23)11-15-12-5-6-14-18(24)16(22)8-9-19(14,2)13(12)7-10-20(15,21)3/h1,6,12-13,15-18,22-25H,5,7-11H2,2-3H3/t12-,13+,15+,16+,17-,18-,19-,20+,21-/m1/s1. The molecular weight excluding hydrogens is 316 g/mol. The monoisotopic (exact) mass is 346 g/mol. The zero-order valence-corrected chi connectivity index (χ0v) is 15.2. The third kappa shape index (κ3) is 1.99. The van der Waals surface area contributed by atoms with Crippen molar-refractivity contribution in [2.24, 2.45) is 28.6 Å². The number of hydrogen-bond acceptors (Lipinski definition) is 4. The van der Waals surface area contributed by atoms with Crippen molar-refractivity contribution in [3.8, 4) is 12.3 Å². The lowest BCUT2D eigenvalue weighted by Crippen LogP contribution is -2.57. The number of aliphatic hydroxyl groups excluding tert-OH is 3. The molecule has 4 rings (SSSR count). The molecule has 4 aliphatic carbocycles. The summed E-state index contributed by atoms with van der Waals surface area (Å²) in [6.45, 7) is 4.27. The maximum Gasteiger partial charge on any atom is 0.156 e. The molecule has 3 fully saturated rings. The number of aliphatic hydroxyl groups is 4. The first kappa shape index (κ1) is 17.5. The highest BCUT2D eigenvalue weighted by molar-refractivity contribution is 5.32. The maximum absolute atomic E-state index is 11.0. The molecule has 0 amide bonds. The fourth-order valence-corrected chi connectivity index (χ4v) is 7.00. The molecule has 0 aliphatic heterocycles. The van der Waals surface area contributed by atoms with E-state index in [1.807, 2.05) is 6.92 Å². The number of allylic oxidation sites excluding steroid dienone is 1. The van der Waals surface area contributed by atoms with Gasteiger partial charge in [0.1, 0.15) is 6.10 Å². The van der Waals surface area contributed by atoms with Crippen molar-refractivity contribution in [3.63, 3.8) is 0 Å². The summed E-state index contributed by atoms with van der Waals surface area (Å²) in [6.07, 6.45) is 10.1. The molecule has 0 spiro atoms. The van der Waals surface area contributed by atoms with Crippen molar-refractivity contribution >= 4 is 0 Å². The summed E-state index contributed by atoms with van der Waals surface area (Å²) in [7, 11) is 0. The van der Waals surface area contributed by atoms with E-state index in [1.54, 1.807) is 0 Å². The third-order valence-corrected chi connectivity index (χ3v) is 8.61. The van der Waals surface area contributed by atoms with Gasteiger partial charge in [0.2, 0.25) is 0 Å². The number of hydrogen-bond donors (Lipinski definition) is 4. The van der Waals surface area contributed by atoms with Crippen LogP contribution in [-0.2, 0) is 0 Å². The number of rotatable bonds is 0. The Morgan fingerprint density at radius 3 is 2.52 bits per heavy atom. The van der Waals surface area contributed by atoms with Crippen LogP contribution in [0.2, 0.25) is 0 Å². The molecule has 4 N–H and O–H groups in total. The van der Waals surface area contributed by atoms with Crippen molar-refractivity contribution in [2.45, 2.75) is 76.3 Å². The van der Waals surface area contributed by atoms with E-state index in [1.165, 1.54) is 0 Å². The van der Waals surface area contributed by atoms with Crippen LogP contribution in [0.5, 0.6) is 0 Å². The number of fused-ring (bicyclic) bond motifs is 5. The molecule has 0 heterocycles. The molecule has 0 aromatic carbocycles. The lowest BCUT2D eigenvalue weighted by atomic mass is 9.46. The van der Waals surface area contributed by atoms with Gasteiger partial charge in [-0.1, -0.05) is 25.8 Å². The van der Waals surface area contributed by atoms with Crippen LogP contribution in [0.25, 0.3) is 0 Å². The molecule has 25 heavy (non-hydrogen) atoms.